The maximum Gasteiger partial charge on any atom is 0.375 e. The second kappa shape index (κ2) is 9.78. The molecule has 1 aromatic carbocycles. The molecule has 0 fully saturated rings. The molecule has 0 spiro atoms. The summed E-state index contributed by atoms with van der Waals surface area (Å²) in [5, 5.41) is 2.95. The lowest BCUT2D eigenvalue weighted by molar-refractivity contribution is 0.0489. The van der Waals surface area contributed by atoms with Gasteiger partial charge in [-0.1, -0.05) is 36.4 Å². The lowest BCUT2D eigenvalue weighted by atomic mass is 10.1. The first kappa shape index (κ1) is 22.7. The number of nitrogens with one attached hydrogen (secondary N) is 1. The fourth-order valence-electron chi connectivity index (χ4n) is 2.53. The van der Waals surface area contributed by atoms with Crippen molar-refractivity contribution in [1.82, 2.24) is 0 Å². The summed E-state index contributed by atoms with van der Waals surface area (Å²) < 4.78 is 20.2. The number of benzene rings is 1. The molecule has 0 aliphatic rings. The third-order valence-electron chi connectivity index (χ3n) is 3.78. The average Bonchev–Trinajstić information content (AvgIpc) is 3.08. The Labute approximate surface area is 174 Å². The van der Waals surface area contributed by atoms with Crippen LogP contribution in [0.1, 0.15) is 57.6 Å². The van der Waals surface area contributed by atoms with Gasteiger partial charge in [-0.05, 0) is 32.4 Å². The Morgan fingerprint density at radius 3 is 2.13 bits per heavy atom. The molecule has 0 aliphatic heterocycles. The first-order valence-electron chi connectivity index (χ1n) is 9.18. The minimum atomic E-state index is -0.923. The zero-order chi connectivity index (χ0) is 22.3. The molecule has 2 rings (SSSR count). The molecule has 1 N–H and O–H groups in total. The number of methoxy groups -OCH3 is 2. The van der Waals surface area contributed by atoms with Crippen LogP contribution in [-0.4, -0.2) is 44.3 Å². The van der Waals surface area contributed by atoms with E-state index in [0.717, 1.165) is 19.8 Å². The summed E-state index contributed by atoms with van der Waals surface area (Å²) in [5.41, 5.74) is -0.182. The molecule has 1 heterocycles. The van der Waals surface area contributed by atoms with E-state index in [9.17, 15) is 14.4 Å². The highest BCUT2D eigenvalue weighted by atomic mass is 16.6. The Bertz CT molecular complexity index is 936. The second-order valence-electron chi connectivity index (χ2n) is 7.28. The van der Waals surface area contributed by atoms with E-state index in [0.29, 0.717) is 0 Å². The van der Waals surface area contributed by atoms with E-state index in [1.807, 2.05) is 51.1 Å². The van der Waals surface area contributed by atoms with Crippen molar-refractivity contribution in [3.05, 3.63) is 58.9 Å². The van der Waals surface area contributed by atoms with Crippen LogP contribution in [0.15, 0.2) is 40.8 Å². The predicted octanol–water partition coefficient (Wildman–Crippen LogP) is 3.93. The topological polar surface area (TPSA) is 104 Å². The fourth-order valence-corrected chi connectivity index (χ4v) is 2.53. The largest absolute Gasteiger partial charge is 0.465 e. The Kier molecular flexibility index (Phi) is 7.41. The summed E-state index contributed by atoms with van der Waals surface area (Å²) in [7, 11) is 2.29. The van der Waals surface area contributed by atoms with Crippen LogP contribution >= 0.6 is 0 Å². The molecule has 0 atom stereocenters. The normalized spacial score (nSPS) is 11.2. The standard InChI is InChI=1S/C22H25NO7/c1-22(2,3)23-18-16(20(25)28-5)15(19(24)27-4)17(30-18)21(26)29-13-9-12-14-10-7-6-8-11-14/h6-12,23H,13H2,1-5H3/b12-9+. The smallest absolute Gasteiger partial charge is 0.375 e. The van der Waals surface area contributed by atoms with Crippen LogP contribution in [-0.2, 0) is 14.2 Å². The van der Waals surface area contributed by atoms with E-state index in [-0.39, 0.29) is 23.6 Å². The average molecular weight is 415 g/mol. The van der Waals surface area contributed by atoms with Crippen LogP contribution in [0.25, 0.3) is 6.08 Å². The zero-order valence-electron chi connectivity index (χ0n) is 17.6. The molecular weight excluding hydrogens is 390 g/mol. The number of esters is 3. The first-order chi connectivity index (χ1) is 14.2. The lowest BCUT2D eigenvalue weighted by Crippen LogP contribution is -2.27. The van der Waals surface area contributed by atoms with Gasteiger partial charge < -0.3 is 23.9 Å². The van der Waals surface area contributed by atoms with Crippen molar-refractivity contribution >= 4 is 29.9 Å². The van der Waals surface area contributed by atoms with Gasteiger partial charge in [-0.2, -0.15) is 0 Å². The van der Waals surface area contributed by atoms with Gasteiger partial charge >= 0.3 is 17.9 Å². The molecule has 0 unspecified atom stereocenters. The molecule has 0 amide bonds. The molecular formula is C22H25NO7. The molecule has 0 saturated heterocycles. The van der Waals surface area contributed by atoms with Crippen molar-refractivity contribution in [1.29, 1.82) is 0 Å². The highest BCUT2D eigenvalue weighted by Gasteiger charge is 2.36. The second-order valence-corrected chi connectivity index (χ2v) is 7.28. The van der Waals surface area contributed by atoms with Gasteiger partial charge in [0.2, 0.25) is 11.6 Å². The number of hydrogen-bond donors (Lipinski definition) is 1. The maximum atomic E-state index is 12.6. The van der Waals surface area contributed by atoms with Crippen LogP contribution < -0.4 is 5.32 Å². The van der Waals surface area contributed by atoms with Gasteiger partial charge in [0.05, 0.1) is 14.2 Å². The van der Waals surface area contributed by atoms with Crippen molar-refractivity contribution in [2.45, 2.75) is 26.3 Å². The number of carbonyl (C=O) groups is 3. The number of rotatable bonds is 7. The van der Waals surface area contributed by atoms with Crippen molar-refractivity contribution in [2.24, 2.45) is 0 Å². The number of ether oxygens (including phenoxy) is 3. The van der Waals surface area contributed by atoms with Gasteiger partial charge in [0.1, 0.15) is 17.7 Å². The van der Waals surface area contributed by atoms with E-state index in [2.05, 4.69) is 5.32 Å². The van der Waals surface area contributed by atoms with Crippen LogP contribution in [0.2, 0.25) is 0 Å². The number of anilines is 1. The van der Waals surface area contributed by atoms with Gasteiger partial charge in [0.15, 0.2) is 0 Å². The Hall–Kier alpha value is -3.55. The molecule has 0 bridgehead atoms. The van der Waals surface area contributed by atoms with Crippen LogP contribution in [0, 0.1) is 0 Å². The molecule has 2 aromatic rings. The third-order valence-corrected chi connectivity index (χ3v) is 3.78. The molecule has 8 heteroatoms. The molecule has 0 aliphatic carbocycles. The maximum absolute atomic E-state index is 12.6. The van der Waals surface area contributed by atoms with Gasteiger partial charge in [0.25, 0.3) is 0 Å². The zero-order valence-corrected chi connectivity index (χ0v) is 17.6. The summed E-state index contributed by atoms with van der Waals surface area (Å²) in [4.78, 5) is 37.3. The number of hydrogen-bond acceptors (Lipinski definition) is 8. The Morgan fingerprint density at radius 2 is 1.57 bits per heavy atom. The summed E-state index contributed by atoms with van der Waals surface area (Å²) in [6.45, 7) is 5.40. The quantitative estimate of drug-likeness (QED) is 0.536. The molecule has 160 valence electrons. The molecule has 8 nitrogen and oxygen atoms in total. The van der Waals surface area contributed by atoms with Crippen molar-refractivity contribution in [3.63, 3.8) is 0 Å². The molecule has 30 heavy (non-hydrogen) atoms. The van der Waals surface area contributed by atoms with Gasteiger partial charge in [-0.3, -0.25) is 0 Å². The van der Waals surface area contributed by atoms with Crippen molar-refractivity contribution in [3.8, 4) is 0 Å². The van der Waals surface area contributed by atoms with Gasteiger partial charge in [-0.15, -0.1) is 0 Å². The van der Waals surface area contributed by atoms with Crippen LogP contribution in [0.5, 0.6) is 0 Å². The minimum absolute atomic E-state index is 0.0649. The minimum Gasteiger partial charge on any atom is -0.465 e. The molecule has 0 saturated carbocycles. The van der Waals surface area contributed by atoms with E-state index < -0.39 is 29.2 Å². The number of furan rings is 1. The first-order valence-corrected chi connectivity index (χ1v) is 9.18. The summed E-state index contributed by atoms with van der Waals surface area (Å²) in [6, 6.07) is 9.45. The highest BCUT2D eigenvalue weighted by Crippen LogP contribution is 2.31. The lowest BCUT2D eigenvalue weighted by Gasteiger charge is -2.20. The Balaban J connectivity index is 2.34. The SMILES string of the molecule is COC(=O)c1c(NC(C)(C)C)oc(C(=O)OC/C=C/c2ccccc2)c1C(=O)OC. The summed E-state index contributed by atoms with van der Waals surface area (Å²) in [5.74, 6) is -3.22. The molecule has 0 radical (unpaired) electrons. The van der Waals surface area contributed by atoms with Crippen LogP contribution in [0.3, 0.4) is 0 Å². The highest BCUT2D eigenvalue weighted by molar-refractivity contribution is 6.12. The van der Waals surface area contributed by atoms with Crippen molar-refractivity contribution in [2.75, 3.05) is 26.1 Å². The monoisotopic (exact) mass is 415 g/mol. The van der Waals surface area contributed by atoms with Crippen molar-refractivity contribution < 1.29 is 33.0 Å². The van der Waals surface area contributed by atoms with E-state index in [1.165, 1.54) is 0 Å². The molecule has 1 aromatic heterocycles. The Morgan fingerprint density at radius 1 is 0.967 bits per heavy atom. The summed E-state index contributed by atoms with van der Waals surface area (Å²) >= 11 is 0. The predicted molar refractivity (Wildman–Crippen MR) is 111 cm³/mol. The third kappa shape index (κ3) is 5.73. The number of carbonyl (C=O) groups excluding carboxylic acids is 3. The van der Waals surface area contributed by atoms with E-state index >= 15 is 0 Å². The summed E-state index contributed by atoms with van der Waals surface area (Å²) in [6.07, 6.45) is 3.42. The fraction of sp³-hybridized carbons (Fsp3) is 0.318. The van der Waals surface area contributed by atoms with Gasteiger partial charge in [-0.25, -0.2) is 14.4 Å². The van der Waals surface area contributed by atoms with E-state index in [1.54, 1.807) is 12.2 Å². The van der Waals surface area contributed by atoms with E-state index in [4.69, 9.17) is 18.6 Å². The van der Waals surface area contributed by atoms with Crippen LogP contribution in [0.4, 0.5) is 5.88 Å². The van der Waals surface area contributed by atoms with Gasteiger partial charge in [0, 0.05) is 5.54 Å².